The van der Waals surface area contributed by atoms with Gasteiger partial charge in [-0.05, 0) is 54.8 Å². The van der Waals surface area contributed by atoms with Crippen molar-refractivity contribution in [1.82, 2.24) is 15.2 Å². The highest BCUT2D eigenvalue weighted by Crippen LogP contribution is 2.28. The number of urea groups is 1. The van der Waals surface area contributed by atoms with Crippen LogP contribution in [0.25, 0.3) is 0 Å². The van der Waals surface area contributed by atoms with Gasteiger partial charge in [0, 0.05) is 6.54 Å². The van der Waals surface area contributed by atoms with Gasteiger partial charge in [0.25, 0.3) is 0 Å². The van der Waals surface area contributed by atoms with Gasteiger partial charge in [0.1, 0.15) is 6.17 Å². The summed E-state index contributed by atoms with van der Waals surface area (Å²) < 4.78 is 44.6. The highest BCUT2D eigenvalue weighted by Gasteiger charge is 2.27. The van der Waals surface area contributed by atoms with Gasteiger partial charge in [0.05, 0.1) is 48.6 Å². The van der Waals surface area contributed by atoms with E-state index in [4.69, 9.17) is 4.74 Å². The first kappa shape index (κ1) is 23.3. The molecule has 0 bridgehead atoms. The first-order valence-corrected chi connectivity index (χ1v) is 9.42. The van der Waals surface area contributed by atoms with Crippen molar-refractivity contribution >= 4 is 22.0 Å². The maximum Gasteiger partial charge on any atom is 0.318 e. The Hall–Kier alpha value is -1.77. The predicted octanol–water partition coefficient (Wildman–Crippen LogP) is 4.88. The average molecular weight is 452 g/mol. The summed E-state index contributed by atoms with van der Waals surface area (Å²) in [5, 5.41) is 2.54. The van der Waals surface area contributed by atoms with Crippen LogP contribution in [0.2, 0.25) is 0 Å². The number of rotatable bonds is 10. The number of ether oxygens (including phenoxy) is 1. The van der Waals surface area contributed by atoms with E-state index in [1.165, 1.54) is 18.2 Å². The second kappa shape index (κ2) is 11.8. The number of halogens is 4. The van der Waals surface area contributed by atoms with Crippen LogP contribution >= 0.6 is 15.9 Å². The zero-order valence-electron chi connectivity index (χ0n) is 15.6. The Morgan fingerprint density at radius 1 is 1.52 bits per heavy atom. The summed E-state index contributed by atoms with van der Waals surface area (Å²) in [6.45, 7) is 3.26. The number of carbonyl (C=O) groups excluding carboxylic acids is 1. The number of pyridine rings is 1. The van der Waals surface area contributed by atoms with E-state index in [1.54, 1.807) is 19.9 Å². The average Bonchev–Trinajstić information content (AvgIpc) is 2.65. The van der Waals surface area contributed by atoms with Crippen LogP contribution < -0.4 is 10.1 Å². The zero-order chi connectivity index (χ0) is 20.4. The molecule has 2 amide bonds. The van der Waals surface area contributed by atoms with Crippen molar-refractivity contribution in [3.63, 3.8) is 0 Å². The van der Waals surface area contributed by atoms with Crippen molar-refractivity contribution in [1.29, 1.82) is 0 Å². The number of amides is 2. The van der Waals surface area contributed by atoms with E-state index >= 15 is 0 Å². The molecule has 152 valence electrons. The number of alkyl halides is 2. The molecule has 0 radical (unpaired) electrons. The van der Waals surface area contributed by atoms with Crippen LogP contribution in [-0.4, -0.2) is 48.5 Å². The smallest absolute Gasteiger partial charge is 0.318 e. The van der Waals surface area contributed by atoms with E-state index in [0.717, 1.165) is 0 Å². The largest absolute Gasteiger partial charge is 0.494 e. The molecule has 9 heteroatoms. The molecular weight excluding hydrogens is 427 g/mol. The second-order valence-electron chi connectivity index (χ2n) is 5.86. The van der Waals surface area contributed by atoms with Crippen molar-refractivity contribution in [3.8, 4) is 5.75 Å². The molecule has 3 atom stereocenters. The van der Waals surface area contributed by atoms with Crippen LogP contribution in [-0.2, 0) is 0 Å². The SMILES string of the molecule is CCN(C(=O)NC(CCCF)C(F)C=CF)[C@H](C)c1cc(Br)c(OC)cn1. The fraction of sp³-hybridized carbons (Fsp3) is 0.556. The van der Waals surface area contributed by atoms with Crippen LogP contribution in [0.1, 0.15) is 38.4 Å². The van der Waals surface area contributed by atoms with Crippen LogP contribution in [0.5, 0.6) is 5.75 Å². The normalized spacial score (nSPS) is 14.6. The van der Waals surface area contributed by atoms with Gasteiger partial charge in [-0.1, -0.05) is 0 Å². The summed E-state index contributed by atoms with van der Waals surface area (Å²) in [7, 11) is 1.52. The number of carbonyl (C=O) groups is 1. The minimum absolute atomic E-state index is 0.0615. The molecule has 1 heterocycles. The van der Waals surface area contributed by atoms with Crippen LogP contribution in [0, 0.1) is 0 Å². The lowest BCUT2D eigenvalue weighted by molar-refractivity contribution is 0.169. The van der Waals surface area contributed by atoms with Crippen LogP contribution in [0.3, 0.4) is 0 Å². The molecular formula is C18H25BrF3N3O2. The van der Waals surface area contributed by atoms with Crippen molar-refractivity contribution in [2.24, 2.45) is 0 Å². The number of methoxy groups -OCH3 is 1. The summed E-state index contributed by atoms with van der Waals surface area (Å²) in [5.41, 5.74) is 0.612. The lowest BCUT2D eigenvalue weighted by Gasteiger charge is -2.30. The fourth-order valence-electron chi connectivity index (χ4n) is 2.62. The first-order chi connectivity index (χ1) is 12.9. The third-order valence-corrected chi connectivity index (χ3v) is 4.78. The van der Waals surface area contributed by atoms with Crippen molar-refractivity contribution in [3.05, 3.63) is 34.8 Å². The number of nitrogens with zero attached hydrogens (tertiary/aromatic N) is 2. The molecule has 1 aromatic rings. The van der Waals surface area contributed by atoms with Gasteiger partial charge >= 0.3 is 6.03 Å². The molecule has 0 saturated heterocycles. The van der Waals surface area contributed by atoms with Gasteiger partial charge in [-0.25, -0.2) is 13.6 Å². The molecule has 0 spiro atoms. The van der Waals surface area contributed by atoms with Gasteiger partial charge in [-0.15, -0.1) is 0 Å². The summed E-state index contributed by atoms with van der Waals surface area (Å²) >= 11 is 3.38. The van der Waals surface area contributed by atoms with Gasteiger partial charge in [0.2, 0.25) is 0 Å². The lowest BCUT2D eigenvalue weighted by Crippen LogP contribution is -2.48. The van der Waals surface area contributed by atoms with Gasteiger partial charge < -0.3 is 15.0 Å². The highest BCUT2D eigenvalue weighted by atomic mass is 79.9. The van der Waals surface area contributed by atoms with E-state index in [-0.39, 0.29) is 19.2 Å². The molecule has 5 nitrogen and oxygen atoms in total. The monoisotopic (exact) mass is 451 g/mol. The number of hydrogen-bond acceptors (Lipinski definition) is 3. The Kier molecular flexibility index (Phi) is 10.2. The predicted molar refractivity (Wildman–Crippen MR) is 102 cm³/mol. The molecule has 0 aliphatic carbocycles. The Labute approximate surface area is 166 Å². The molecule has 1 N–H and O–H groups in total. The number of hydrogen-bond donors (Lipinski definition) is 1. The minimum Gasteiger partial charge on any atom is -0.494 e. The molecule has 1 rings (SSSR count). The van der Waals surface area contributed by atoms with E-state index in [2.05, 4.69) is 26.2 Å². The first-order valence-electron chi connectivity index (χ1n) is 8.63. The molecule has 2 unspecified atom stereocenters. The standard InChI is InChI=1S/C18H25BrF3N3O2/c1-4-25(12(2)16-10-13(19)17(27-3)11-23-16)18(26)24-15(6-5-8-20)14(22)7-9-21/h7,9-12,14-15H,4-6,8H2,1-3H3,(H,24,26)/t12-,14?,15?/m1/s1. The van der Waals surface area contributed by atoms with Crippen molar-refractivity contribution in [2.45, 2.75) is 44.9 Å². The Balaban J connectivity index is 2.94. The molecule has 0 aliphatic heterocycles. The molecule has 1 aromatic heterocycles. The summed E-state index contributed by atoms with van der Waals surface area (Å²) in [5.74, 6) is 0.558. The topological polar surface area (TPSA) is 54.5 Å². The van der Waals surface area contributed by atoms with Crippen LogP contribution in [0.4, 0.5) is 18.0 Å². The maximum absolute atomic E-state index is 14.1. The van der Waals surface area contributed by atoms with Gasteiger partial charge in [-0.2, -0.15) is 0 Å². The third-order valence-electron chi connectivity index (χ3n) is 4.16. The third kappa shape index (κ3) is 6.71. The van der Waals surface area contributed by atoms with Crippen LogP contribution in [0.15, 0.2) is 29.1 Å². The summed E-state index contributed by atoms with van der Waals surface area (Å²) in [6, 6.07) is -0.215. The maximum atomic E-state index is 14.1. The molecule has 0 aromatic carbocycles. The van der Waals surface area contributed by atoms with E-state index in [9.17, 15) is 18.0 Å². The summed E-state index contributed by atoms with van der Waals surface area (Å²) in [4.78, 5) is 18.4. The van der Waals surface area contributed by atoms with Crippen molar-refractivity contribution in [2.75, 3.05) is 20.3 Å². The minimum atomic E-state index is -1.74. The molecule has 0 fully saturated rings. The Bertz CT molecular complexity index is 634. The Morgan fingerprint density at radius 3 is 2.74 bits per heavy atom. The lowest BCUT2D eigenvalue weighted by atomic mass is 10.1. The molecule has 27 heavy (non-hydrogen) atoms. The van der Waals surface area contributed by atoms with E-state index in [1.807, 2.05) is 0 Å². The quantitative estimate of drug-likeness (QED) is 0.551. The zero-order valence-corrected chi connectivity index (χ0v) is 17.2. The number of nitrogens with one attached hydrogen (secondary N) is 1. The fourth-order valence-corrected chi connectivity index (χ4v) is 3.12. The van der Waals surface area contributed by atoms with Crippen molar-refractivity contribution < 1.29 is 22.7 Å². The van der Waals surface area contributed by atoms with E-state index in [0.29, 0.717) is 28.5 Å². The Morgan fingerprint density at radius 2 is 2.22 bits per heavy atom. The second-order valence-corrected chi connectivity index (χ2v) is 6.71. The highest BCUT2D eigenvalue weighted by molar-refractivity contribution is 9.10. The molecule has 0 saturated carbocycles. The number of aromatic nitrogens is 1. The van der Waals surface area contributed by atoms with Gasteiger partial charge in [-0.3, -0.25) is 9.37 Å². The summed E-state index contributed by atoms with van der Waals surface area (Å²) in [6.07, 6.45) is 0.706. The van der Waals surface area contributed by atoms with E-state index < -0.39 is 31.0 Å². The van der Waals surface area contributed by atoms with Gasteiger partial charge in [0.15, 0.2) is 5.75 Å². The molecule has 0 aliphatic rings.